The fourth-order valence-electron chi connectivity index (χ4n) is 5.35. The van der Waals surface area contributed by atoms with E-state index in [2.05, 4.69) is 16.0 Å². The van der Waals surface area contributed by atoms with Gasteiger partial charge in [0, 0.05) is 23.7 Å². The zero-order chi connectivity index (χ0) is 30.0. The second kappa shape index (κ2) is 12.6. The average Bonchev–Trinajstić information content (AvgIpc) is 3.37. The van der Waals surface area contributed by atoms with Crippen LogP contribution in [0, 0.1) is 0 Å². The van der Waals surface area contributed by atoms with Gasteiger partial charge < -0.3 is 26.0 Å². The van der Waals surface area contributed by atoms with Crippen molar-refractivity contribution >= 4 is 58.6 Å². The fourth-order valence-corrected chi connectivity index (χ4v) is 6.24. The standard InChI is InChI=1S/C30H27Cl3N4O5/c31-19-8-5-17(6-9-19)28(39)37-12-11-21-18(15-37)13-22(32)25(26(21)33)27(38)35-24(29(40)41)14-34-30(42)36-23-10-7-16-3-1-2-4-20(16)23/h1-6,8-9,13,23-24H,7,10-12,14-15H2,(H,35,38)(H,40,41)(H2,34,36,42)/t23-,24?/m1/s1. The van der Waals surface area contributed by atoms with E-state index in [4.69, 9.17) is 34.8 Å². The van der Waals surface area contributed by atoms with E-state index < -0.39 is 23.9 Å². The van der Waals surface area contributed by atoms with Crippen LogP contribution in [0.3, 0.4) is 0 Å². The van der Waals surface area contributed by atoms with E-state index in [0.29, 0.717) is 34.7 Å². The Hall–Kier alpha value is -3.79. The monoisotopic (exact) mass is 628 g/mol. The molecule has 0 saturated heterocycles. The molecule has 0 spiro atoms. The van der Waals surface area contributed by atoms with Crippen LogP contribution >= 0.6 is 34.8 Å². The van der Waals surface area contributed by atoms with Crippen LogP contribution in [0.25, 0.3) is 0 Å². The predicted molar refractivity (Wildman–Crippen MR) is 159 cm³/mol. The highest BCUT2D eigenvalue weighted by Gasteiger charge is 2.30. The number of amides is 4. The summed E-state index contributed by atoms with van der Waals surface area (Å²) in [5.41, 5.74) is 3.98. The number of hydrogen-bond donors (Lipinski definition) is 4. The highest BCUT2D eigenvalue weighted by atomic mass is 35.5. The van der Waals surface area contributed by atoms with Crippen LogP contribution in [-0.2, 0) is 24.2 Å². The van der Waals surface area contributed by atoms with E-state index in [1.165, 1.54) is 0 Å². The smallest absolute Gasteiger partial charge is 0.328 e. The molecule has 0 saturated carbocycles. The van der Waals surface area contributed by atoms with E-state index >= 15 is 0 Å². The third-order valence-electron chi connectivity index (χ3n) is 7.52. The van der Waals surface area contributed by atoms with Crippen molar-refractivity contribution in [2.75, 3.05) is 13.1 Å². The highest BCUT2D eigenvalue weighted by Crippen LogP contribution is 2.35. The molecule has 3 aromatic rings. The average molecular weight is 630 g/mol. The lowest BCUT2D eigenvalue weighted by molar-refractivity contribution is -0.139. The molecule has 12 heteroatoms. The molecule has 42 heavy (non-hydrogen) atoms. The van der Waals surface area contributed by atoms with Crippen molar-refractivity contribution in [3.8, 4) is 0 Å². The number of nitrogens with zero attached hydrogens (tertiary/aromatic N) is 1. The van der Waals surface area contributed by atoms with Crippen LogP contribution in [0.2, 0.25) is 15.1 Å². The zero-order valence-corrected chi connectivity index (χ0v) is 24.5. The number of halogens is 3. The van der Waals surface area contributed by atoms with Crippen molar-refractivity contribution in [3.05, 3.63) is 103 Å². The van der Waals surface area contributed by atoms with Gasteiger partial charge in [-0.2, -0.15) is 0 Å². The summed E-state index contributed by atoms with van der Waals surface area (Å²) in [6.45, 7) is 0.239. The lowest BCUT2D eigenvalue weighted by Gasteiger charge is -2.30. The molecule has 0 aromatic heterocycles. The number of fused-ring (bicyclic) bond motifs is 2. The Morgan fingerprint density at radius 2 is 1.71 bits per heavy atom. The van der Waals surface area contributed by atoms with Gasteiger partial charge in [0.1, 0.15) is 6.04 Å². The lowest BCUT2D eigenvalue weighted by Crippen LogP contribution is -2.50. The largest absolute Gasteiger partial charge is 0.480 e. The molecule has 9 nitrogen and oxygen atoms in total. The number of carbonyl (C=O) groups excluding carboxylic acids is 3. The Balaban J connectivity index is 1.23. The van der Waals surface area contributed by atoms with E-state index in [1.807, 2.05) is 24.3 Å². The lowest BCUT2D eigenvalue weighted by atomic mass is 9.96. The van der Waals surface area contributed by atoms with Crippen molar-refractivity contribution in [1.29, 1.82) is 0 Å². The maximum Gasteiger partial charge on any atom is 0.328 e. The first kappa shape index (κ1) is 29.7. The molecule has 4 amide bonds. The number of aliphatic carboxylic acids is 1. The van der Waals surface area contributed by atoms with Gasteiger partial charge >= 0.3 is 12.0 Å². The third kappa shape index (κ3) is 6.33. The van der Waals surface area contributed by atoms with Crippen molar-refractivity contribution in [1.82, 2.24) is 20.9 Å². The van der Waals surface area contributed by atoms with Crippen LogP contribution < -0.4 is 16.0 Å². The fraction of sp³-hybridized carbons (Fsp3) is 0.267. The van der Waals surface area contributed by atoms with Gasteiger partial charge in [-0.05, 0) is 71.8 Å². The van der Waals surface area contributed by atoms with E-state index in [0.717, 1.165) is 24.0 Å². The van der Waals surface area contributed by atoms with Crippen LogP contribution in [0.5, 0.6) is 0 Å². The second-order valence-corrected chi connectivity index (χ2v) is 11.4. The summed E-state index contributed by atoms with van der Waals surface area (Å²) in [5.74, 6) is -2.30. The Bertz CT molecular complexity index is 1560. The molecule has 2 atom stereocenters. The topological polar surface area (TPSA) is 128 Å². The van der Waals surface area contributed by atoms with E-state index in [1.54, 1.807) is 35.2 Å². The van der Waals surface area contributed by atoms with E-state index in [9.17, 15) is 24.3 Å². The van der Waals surface area contributed by atoms with Gasteiger partial charge in [-0.3, -0.25) is 9.59 Å². The number of benzene rings is 3. The van der Waals surface area contributed by atoms with Crippen LogP contribution in [0.15, 0.2) is 54.6 Å². The van der Waals surface area contributed by atoms with Gasteiger partial charge in [-0.1, -0.05) is 59.1 Å². The van der Waals surface area contributed by atoms with Gasteiger partial charge in [0.2, 0.25) is 0 Å². The molecule has 1 unspecified atom stereocenters. The molecular formula is C30H27Cl3N4O5. The van der Waals surface area contributed by atoms with Crippen LogP contribution in [0.1, 0.15) is 55.4 Å². The molecule has 218 valence electrons. The number of aryl methyl sites for hydroxylation is 1. The number of hydrogen-bond acceptors (Lipinski definition) is 4. The molecule has 1 aliphatic heterocycles. The number of carboxylic acid groups (broad SMARTS) is 1. The summed E-state index contributed by atoms with van der Waals surface area (Å²) in [6.07, 6.45) is 1.96. The molecule has 0 fully saturated rings. The summed E-state index contributed by atoms with van der Waals surface area (Å²) in [4.78, 5) is 52.3. The van der Waals surface area contributed by atoms with Crippen molar-refractivity contribution in [3.63, 3.8) is 0 Å². The summed E-state index contributed by atoms with van der Waals surface area (Å²) < 4.78 is 0. The first-order valence-corrected chi connectivity index (χ1v) is 14.5. The molecule has 3 aromatic carbocycles. The van der Waals surface area contributed by atoms with Crippen molar-refractivity contribution in [2.24, 2.45) is 0 Å². The minimum Gasteiger partial charge on any atom is -0.480 e. The number of nitrogens with one attached hydrogen (secondary N) is 3. The number of carbonyl (C=O) groups is 4. The van der Waals surface area contributed by atoms with Gasteiger partial charge in [0.15, 0.2) is 0 Å². The molecule has 1 aliphatic carbocycles. The normalized spacial score (nSPS) is 16.2. The van der Waals surface area contributed by atoms with Gasteiger partial charge in [0.05, 0.1) is 28.2 Å². The molecule has 1 heterocycles. The highest BCUT2D eigenvalue weighted by molar-refractivity contribution is 6.40. The molecule has 5 rings (SSSR count). The molecular weight excluding hydrogens is 603 g/mol. The SMILES string of the molecule is O=C(NCC(NC(=O)c1c(Cl)cc2c(c1Cl)CCN(C(=O)c1ccc(Cl)cc1)C2)C(=O)O)N[C@@H]1CCc2ccccc21. The van der Waals surface area contributed by atoms with Gasteiger partial charge in [-0.15, -0.1) is 0 Å². The molecule has 4 N–H and O–H groups in total. The summed E-state index contributed by atoms with van der Waals surface area (Å²) in [6, 6.07) is 13.8. The summed E-state index contributed by atoms with van der Waals surface area (Å²) in [7, 11) is 0. The molecule has 0 radical (unpaired) electrons. The predicted octanol–water partition coefficient (Wildman–Crippen LogP) is 5.02. The van der Waals surface area contributed by atoms with E-state index in [-0.39, 0.29) is 40.6 Å². The summed E-state index contributed by atoms with van der Waals surface area (Å²) in [5, 5.41) is 18.2. The number of rotatable bonds is 7. The Labute approximate surface area is 257 Å². The molecule has 2 aliphatic rings. The zero-order valence-electron chi connectivity index (χ0n) is 22.3. The quantitative estimate of drug-likeness (QED) is 0.292. The maximum absolute atomic E-state index is 13.2. The van der Waals surface area contributed by atoms with Crippen molar-refractivity contribution in [2.45, 2.75) is 37.9 Å². The number of carboxylic acids is 1. The van der Waals surface area contributed by atoms with Gasteiger partial charge in [-0.25, -0.2) is 9.59 Å². The maximum atomic E-state index is 13.2. The van der Waals surface area contributed by atoms with Crippen molar-refractivity contribution < 1.29 is 24.3 Å². The molecule has 0 bridgehead atoms. The van der Waals surface area contributed by atoms with Crippen LogP contribution in [0.4, 0.5) is 4.79 Å². The summed E-state index contributed by atoms with van der Waals surface area (Å²) >= 11 is 19.0. The first-order chi connectivity index (χ1) is 20.1. The first-order valence-electron chi connectivity index (χ1n) is 13.3. The minimum absolute atomic E-state index is 0.0202. The minimum atomic E-state index is -1.44. The third-order valence-corrected chi connectivity index (χ3v) is 8.49. The Morgan fingerprint density at radius 3 is 2.45 bits per heavy atom. The number of urea groups is 1. The van der Waals surface area contributed by atoms with Gasteiger partial charge in [0.25, 0.3) is 11.8 Å². The second-order valence-electron chi connectivity index (χ2n) is 10.2. The Morgan fingerprint density at radius 1 is 0.976 bits per heavy atom. The Kier molecular flexibility index (Phi) is 8.91. The van der Waals surface area contributed by atoms with Crippen LogP contribution in [-0.4, -0.2) is 53.0 Å².